The van der Waals surface area contributed by atoms with E-state index in [9.17, 15) is 8.78 Å². The number of benzene rings is 2. The van der Waals surface area contributed by atoms with Gasteiger partial charge in [-0.3, -0.25) is 0 Å². The number of nitrogens with zero attached hydrogens (tertiary/aromatic N) is 1. The van der Waals surface area contributed by atoms with Gasteiger partial charge in [0.05, 0.1) is 11.9 Å². The zero-order valence-corrected chi connectivity index (χ0v) is 10.8. The first kappa shape index (κ1) is 14.0. The summed E-state index contributed by atoms with van der Waals surface area (Å²) < 4.78 is 25.4. The molecule has 0 amide bonds. The van der Waals surface area contributed by atoms with Gasteiger partial charge >= 0.3 is 0 Å². The van der Waals surface area contributed by atoms with E-state index < -0.39 is 5.82 Å². The molecular weight excluding hydrogens is 256 g/mol. The summed E-state index contributed by atoms with van der Waals surface area (Å²) in [6.45, 7) is 0. The molecule has 0 saturated heterocycles. The van der Waals surface area contributed by atoms with E-state index >= 15 is 0 Å². The second kappa shape index (κ2) is 6.63. The minimum atomic E-state index is -0.512. The van der Waals surface area contributed by atoms with Crippen molar-refractivity contribution in [2.75, 3.05) is 0 Å². The molecule has 0 aliphatic heterocycles. The Labute approximate surface area is 116 Å². The van der Waals surface area contributed by atoms with E-state index in [0.29, 0.717) is 12.8 Å². The zero-order valence-electron chi connectivity index (χ0n) is 10.8. The second-order valence-electron chi connectivity index (χ2n) is 4.40. The standard InChI is InChI=1S/C17H13F2N/c18-10-2-1-3-13-4-6-14(7-5-13)15-8-9-16(12-20)17(19)11-15/h2,4-11H,1,3H2/b10-2+. The van der Waals surface area contributed by atoms with Crippen LogP contribution < -0.4 is 0 Å². The highest BCUT2D eigenvalue weighted by Gasteiger charge is 2.04. The van der Waals surface area contributed by atoms with E-state index in [0.717, 1.165) is 23.1 Å². The maximum atomic E-state index is 13.6. The number of allylic oxidation sites excluding steroid dienone is 1. The van der Waals surface area contributed by atoms with Gasteiger partial charge in [0.25, 0.3) is 0 Å². The molecule has 0 spiro atoms. The first-order valence-electron chi connectivity index (χ1n) is 6.29. The summed E-state index contributed by atoms with van der Waals surface area (Å²) in [5.74, 6) is -0.512. The van der Waals surface area contributed by atoms with Crippen molar-refractivity contribution in [3.63, 3.8) is 0 Å². The van der Waals surface area contributed by atoms with Gasteiger partial charge in [-0.2, -0.15) is 5.26 Å². The van der Waals surface area contributed by atoms with Gasteiger partial charge in [-0.15, -0.1) is 0 Å². The Kier molecular flexibility index (Phi) is 4.62. The van der Waals surface area contributed by atoms with Gasteiger partial charge in [0.1, 0.15) is 11.9 Å². The number of hydrogen-bond donors (Lipinski definition) is 0. The van der Waals surface area contributed by atoms with Gasteiger partial charge in [-0.25, -0.2) is 8.78 Å². The molecule has 3 heteroatoms. The summed E-state index contributed by atoms with van der Waals surface area (Å²) in [6, 6.07) is 14.0. The third kappa shape index (κ3) is 3.30. The smallest absolute Gasteiger partial charge is 0.141 e. The first-order chi connectivity index (χ1) is 9.74. The van der Waals surface area contributed by atoms with Crippen LogP contribution in [-0.4, -0.2) is 0 Å². The lowest BCUT2D eigenvalue weighted by Crippen LogP contribution is -1.87. The molecule has 0 aliphatic rings. The highest BCUT2D eigenvalue weighted by Crippen LogP contribution is 2.22. The van der Waals surface area contributed by atoms with Crippen LogP contribution in [0.15, 0.2) is 54.9 Å². The number of nitriles is 1. The molecule has 0 bridgehead atoms. The predicted molar refractivity (Wildman–Crippen MR) is 75.1 cm³/mol. The Balaban J connectivity index is 2.17. The van der Waals surface area contributed by atoms with Crippen molar-refractivity contribution >= 4 is 0 Å². The summed E-state index contributed by atoms with van der Waals surface area (Å²) >= 11 is 0. The molecule has 0 fully saturated rings. The van der Waals surface area contributed by atoms with Crippen molar-refractivity contribution < 1.29 is 8.78 Å². The van der Waals surface area contributed by atoms with E-state index in [4.69, 9.17) is 5.26 Å². The molecule has 0 N–H and O–H groups in total. The molecule has 2 aromatic rings. The minimum Gasteiger partial charge on any atom is -0.216 e. The summed E-state index contributed by atoms with van der Waals surface area (Å²) in [7, 11) is 0. The van der Waals surface area contributed by atoms with Gasteiger partial charge in [0, 0.05) is 0 Å². The van der Waals surface area contributed by atoms with Crippen molar-refractivity contribution in [2.24, 2.45) is 0 Å². The Bertz CT molecular complexity index is 652. The number of halogens is 2. The molecule has 2 rings (SSSR count). The lowest BCUT2D eigenvalue weighted by Gasteiger charge is -2.04. The van der Waals surface area contributed by atoms with Crippen LogP contribution in [0.3, 0.4) is 0 Å². The van der Waals surface area contributed by atoms with Crippen LogP contribution in [-0.2, 0) is 6.42 Å². The van der Waals surface area contributed by atoms with Gasteiger partial charge in [0.15, 0.2) is 0 Å². The summed E-state index contributed by atoms with van der Waals surface area (Å²) in [5.41, 5.74) is 2.76. The van der Waals surface area contributed by atoms with E-state index in [1.54, 1.807) is 12.1 Å². The van der Waals surface area contributed by atoms with Crippen molar-refractivity contribution in [3.05, 3.63) is 71.8 Å². The molecule has 1 nitrogen and oxygen atoms in total. The Morgan fingerprint density at radius 2 is 1.75 bits per heavy atom. The third-order valence-electron chi connectivity index (χ3n) is 3.07. The van der Waals surface area contributed by atoms with Crippen molar-refractivity contribution in [2.45, 2.75) is 12.8 Å². The Morgan fingerprint density at radius 3 is 2.35 bits per heavy atom. The van der Waals surface area contributed by atoms with Crippen LogP contribution in [0.2, 0.25) is 0 Å². The SMILES string of the molecule is N#Cc1ccc(-c2ccc(CC/C=C/F)cc2)cc1F. The molecule has 2 aromatic carbocycles. The largest absolute Gasteiger partial charge is 0.216 e. The van der Waals surface area contributed by atoms with Crippen LogP contribution >= 0.6 is 0 Å². The molecule has 0 unspecified atom stereocenters. The minimum absolute atomic E-state index is 0.0448. The molecule has 20 heavy (non-hydrogen) atoms. The van der Waals surface area contributed by atoms with Crippen molar-refractivity contribution in [3.8, 4) is 17.2 Å². The van der Waals surface area contributed by atoms with Crippen LogP contribution in [0.1, 0.15) is 17.5 Å². The maximum absolute atomic E-state index is 13.6. The van der Waals surface area contributed by atoms with E-state index in [1.807, 2.05) is 24.3 Å². The predicted octanol–water partition coefficient (Wildman–Crippen LogP) is 4.78. The van der Waals surface area contributed by atoms with E-state index in [-0.39, 0.29) is 5.56 Å². The molecule has 0 heterocycles. The van der Waals surface area contributed by atoms with Crippen LogP contribution in [0, 0.1) is 17.1 Å². The fourth-order valence-electron chi connectivity index (χ4n) is 1.96. The van der Waals surface area contributed by atoms with E-state index in [2.05, 4.69) is 0 Å². The molecule has 0 saturated carbocycles. The lowest BCUT2D eigenvalue weighted by atomic mass is 10.0. The zero-order chi connectivity index (χ0) is 14.4. The molecular formula is C17H13F2N. The molecule has 100 valence electrons. The van der Waals surface area contributed by atoms with Gasteiger partial charge in [0.2, 0.25) is 0 Å². The highest BCUT2D eigenvalue weighted by molar-refractivity contribution is 5.64. The third-order valence-corrected chi connectivity index (χ3v) is 3.07. The average Bonchev–Trinajstić information content (AvgIpc) is 2.48. The van der Waals surface area contributed by atoms with Gasteiger partial charge < -0.3 is 0 Å². The van der Waals surface area contributed by atoms with Crippen molar-refractivity contribution in [1.82, 2.24) is 0 Å². The molecule has 0 radical (unpaired) electrons. The summed E-state index contributed by atoms with van der Waals surface area (Å²) in [5, 5.41) is 8.70. The summed E-state index contributed by atoms with van der Waals surface area (Å²) in [4.78, 5) is 0. The fourth-order valence-corrected chi connectivity index (χ4v) is 1.96. The normalized spacial score (nSPS) is 10.7. The Morgan fingerprint density at radius 1 is 1.05 bits per heavy atom. The highest BCUT2D eigenvalue weighted by atomic mass is 19.1. The Hall–Kier alpha value is -2.47. The number of aryl methyl sites for hydroxylation is 1. The first-order valence-corrected chi connectivity index (χ1v) is 6.29. The van der Waals surface area contributed by atoms with Crippen LogP contribution in [0.25, 0.3) is 11.1 Å². The van der Waals surface area contributed by atoms with Gasteiger partial charge in [-0.1, -0.05) is 36.4 Å². The lowest BCUT2D eigenvalue weighted by molar-refractivity contribution is 0.624. The quantitative estimate of drug-likeness (QED) is 0.783. The monoisotopic (exact) mass is 269 g/mol. The topological polar surface area (TPSA) is 23.8 Å². The molecule has 0 aliphatic carbocycles. The second-order valence-corrected chi connectivity index (χ2v) is 4.40. The average molecular weight is 269 g/mol. The fraction of sp³-hybridized carbons (Fsp3) is 0.118. The van der Waals surface area contributed by atoms with Gasteiger partial charge in [-0.05, 0) is 41.7 Å². The van der Waals surface area contributed by atoms with Crippen LogP contribution in [0.5, 0.6) is 0 Å². The number of rotatable bonds is 4. The van der Waals surface area contributed by atoms with Crippen molar-refractivity contribution in [1.29, 1.82) is 5.26 Å². The molecule has 0 aromatic heterocycles. The van der Waals surface area contributed by atoms with E-state index in [1.165, 1.54) is 18.2 Å². The van der Waals surface area contributed by atoms with Crippen LogP contribution in [0.4, 0.5) is 8.78 Å². The molecule has 0 atom stereocenters. The maximum Gasteiger partial charge on any atom is 0.141 e. The summed E-state index contributed by atoms with van der Waals surface area (Å²) in [6.07, 6.45) is 3.45. The number of hydrogen-bond acceptors (Lipinski definition) is 1.